The second kappa shape index (κ2) is 6.02. The van der Waals surface area contributed by atoms with Gasteiger partial charge in [0.2, 0.25) is 10.0 Å². The van der Waals surface area contributed by atoms with Gasteiger partial charge in [0, 0.05) is 6.54 Å². The third-order valence-electron chi connectivity index (χ3n) is 3.13. The lowest BCUT2D eigenvalue weighted by Crippen LogP contribution is -2.26. The Morgan fingerprint density at radius 3 is 2.83 bits per heavy atom. The molecule has 18 heavy (non-hydrogen) atoms. The third-order valence-corrected chi connectivity index (χ3v) is 5.09. The number of benzene rings is 1. The third kappa shape index (κ3) is 3.45. The van der Waals surface area contributed by atoms with Gasteiger partial charge in [0.05, 0.1) is 5.02 Å². The number of nitrogens with one attached hydrogen (secondary N) is 2. The lowest BCUT2D eigenvalue weighted by molar-refractivity contribution is 0.519. The summed E-state index contributed by atoms with van der Waals surface area (Å²) in [6.45, 7) is 2.47. The van der Waals surface area contributed by atoms with Gasteiger partial charge in [0.1, 0.15) is 4.90 Å². The number of sulfonamides is 1. The molecule has 0 radical (unpaired) electrons. The van der Waals surface area contributed by atoms with Crippen molar-refractivity contribution in [2.75, 3.05) is 19.6 Å². The first-order valence-electron chi connectivity index (χ1n) is 6.04. The predicted octanol–water partition coefficient (Wildman–Crippen LogP) is 1.62. The molecule has 0 saturated carbocycles. The quantitative estimate of drug-likeness (QED) is 0.866. The minimum Gasteiger partial charge on any atom is -0.316 e. The van der Waals surface area contributed by atoms with Gasteiger partial charge >= 0.3 is 0 Å². The van der Waals surface area contributed by atoms with Crippen molar-refractivity contribution in [1.82, 2.24) is 10.0 Å². The van der Waals surface area contributed by atoms with Gasteiger partial charge in [-0.2, -0.15) is 0 Å². The lowest BCUT2D eigenvalue weighted by Gasteiger charge is -2.10. The van der Waals surface area contributed by atoms with Crippen LogP contribution in [0.25, 0.3) is 0 Å². The highest BCUT2D eigenvalue weighted by atomic mass is 35.5. The van der Waals surface area contributed by atoms with Crippen molar-refractivity contribution in [2.45, 2.75) is 17.7 Å². The second-order valence-electron chi connectivity index (χ2n) is 4.48. The maximum atomic E-state index is 12.0. The van der Waals surface area contributed by atoms with E-state index in [0.717, 1.165) is 25.9 Å². The Labute approximate surface area is 113 Å². The Morgan fingerprint density at radius 1 is 1.39 bits per heavy atom. The summed E-state index contributed by atoms with van der Waals surface area (Å²) >= 11 is 5.89. The van der Waals surface area contributed by atoms with Crippen molar-refractivity contribution >= 4 is 21.6 Å². The maximum absolute atomic E-state index is 12.0. The Hall–Kier alpha value is -0.620. The molecule has 2 rings (SSSR count). The number of hydrogen-bond acceptors (Lipinski definition) is 3. The zero-order chi connectivity index (χ0) is 13.0. The van der Waals surface area contributed by atoms with Crippen molar-refractivity contribution in [1.29, 1.82) is 0 Å². The molecule has 100 valence electrons. The maximum Gasteiger partial charge on any atom is 0.242 e. The van der Waals surface area contributed by atoms with E-state index in [2.05, 4.69) is 10.0 Å². The Balaban J connectivity index is 1.93. The molecule has 0 aromatic heterocycles. The minimum absolute atomic E-state index is 0.149. The van der Waals surface area contributed by atoms with Gasteiger partial charge in [-0.15, -0.1) is 0 Å². The summed E-state index contributed by atoms with van der Waals surface area (Å²) < 4.78 is 26.6. The molecule has 0 amide bonds. The number of halogens is 1. The lowest BCUT2D eigenvalue weighted by atomic mass is 10.1. The summed E-state index contributed by atoms with van der Waals surface area (Å²) in [4.78, 5) is 0.149. The van der Waals surface area contributed by atoms with Crippen LogP contribution >= 0.6 is 11.6 Å². The van der Waals surface area contributed by atoms with Crippen LogP contribution in [0.15, 0.2) is 29.2 Å². The summed E-state index contributed by atoms with van der Waals surface area (Å²) in [5, 5.41) is 3.52. The van der Waals surface area contributed by atoms with Crippen LogP contribution in [0.1, 0.15) is 12.8 Å². The van der Waals surface area contributed by atoms with E-state index >= 15 is 0 Å². The van der Waals surface area contributed by atoms with Gasteiger partial charge in [0.25, 0.3) is 0 Å². The molecule has 1 aromatic rings. The van der Waals surface area contributed by atoms with E-state index < -0.39 is 10.0 Å². The molecule has 0 spiro atoms. The Morgan fingerprint density at radius 2 is 2.17 bits per heavy atom. The predicted molar refractivity (Wildman–Crippen MR) is 72.2 cm³/mol. The van der Waals surface area contributed by atoms with Crippen LogP contribution in [0.2, 0.25) is 5.02 Å². The first-order valence-corrected chi connectivity index (χ1v) is 7.90. The smallest absolute Gasteiger partial charge is 0.242 e. The molecule has 4 nitrogen and oxygen atoms in total. The van der Waals surface area contributed by atoms with Crippen LogP contribution < -0.4 is 10.0 Å². The summed E-state index contributed by atoms with van der Waals surface area (Å²) in [7, 11) is -3.49. The standard InChI is InChI=1S/C12H17ClN2O2S/c13-11-3-1-2-4-12(11)18(16,17)15-8-6-10-5-7-14-9-10/h1-4,10,14-15H,5-9H2/t10-/m1/s1. The molecule has 1 aliphatic heterocycles. The van der Waals surface area contributed by atoms with E-state index in [9.17, 15) is 8.42 Å². The number of hydrogen-bond donors (Lipinski definition) is 2. The van der Waals surface area contributed by atoms with Crippen molar-refractivity contribution < 1.29 is 8.42 Å². The van der Waals surface area contributed by atoms with Crippen LogP contribution in [0.3, 0.4) is 0 Å². The normalized spacial score (nSPS) is 20.2. The summed E-state index contributed by atoms with van der Waals surface area (Å²) in [5.41, 5.74) is 0. The van der Waals surface area contributed by atoms with E-state index in [1.54, 1.807) is 18.2 Å². The molecule has 0 unspecified atom stereocenters. The van der Waals surface area contributed by atoms with E-state index in [1.807, 2.05) is 0 Å². The van der Waals surface area contributed by atoms with Gasteiger partial charge in [-0.1, -0.05) is 23.7 Å². The molecular formula is C12H17ClN2O2S. The molecule has 6 heteroatoms. The zero-order valence-electron chi connectivity index (χ0n) is 10.0. The van der Waals surface area contributed by atoms with Gasteiger partial charge in [-0.05, 0) is 44.0 Å². The summed E-state index contributed by atoms with van der Waals surface area (Å²) in [6, 6.07) is 6.48. The highest BCUT2D eigenvalue weighted by Crippen LogP contribution is 2.20. The van der Waals surface area contributed by atoms with Crippen LogP contribution in [0.5, 0.6) is 0 Å². The molecule has 1 saturated heterocycles. The van der Waals surface area contributed by atoms with Crippen LogP contribution in [-0.2, 0) is 10.0 Å². The fraction of sp³-hybridized carbons (Fsp3) is 0.500. The average Bonchev–Trinajstić information content (AvgIpc) is 2.82. The van der Waals surface area contributed by atoms with E-state index in [-0.39, 0.29) is 9.92 Å². The molecule has 0 bridgehead atoms. The molecule has 2 N–H and O–H groups in total. The second-order valence-corrected chi connectivity index (χ2v) is 6.62. The van der Waals surface area contributed by atoms with E-state index in [1.165, 1.54) is 6.07 Å². The summed E-state index contributed by atoms with van der Waals surface area (Å²) in [6.07, 6.45) is 1.98. The molecule has 1 atom stereocenters. The number of rotatable bonds is 5. The first-order chi connectivity index (χ1) is 8.59. The Bertz CT molecular complexity index is 499. The topological polar surface area (TPSA) is 58.2 Å². The van der Waals surface area contributed by atoms with Gasteiger partial charge in [-0.25, -0.2) is 13.1 Å². The van der Waals surface area contributed by atoms with Gasteiger partial charge < -0.3 is 5.32 Å². The average molecular weight is 289 g/mol. The molecule has 1 heterocycles. The minimum atomic E-state index is -3.49. The van der Waals surface area contributed by atoms with Crippen LogP contribution in [-0.4, -0.2) is 28.1 Å². The highest BCUT2D eigenvalue weighted by molar-refractivity contribution is 7.89. The molecule has 1 aliphatic rings. The largest absolute Gasteiger partial charge is 0.316 e. The van der Waals surface area contributed by atoms with E-state index in [0.29, 0.717) is 12.5 Å². The first kappa shape index (κ1) is 13.8. The SMILES string of the molecule is O=S(=O)(NCC[C@H]1CCNC1)c1ccccc1Cl. The highest BCUT2D eigenvalue weighted by Gasteiger charge is 2.19. The summed E-state index contributed by atoms with van der Waals surface area (Å²) in [5.74, 6) is 0.568. The van der Waals surface area contributed by atoms with Crippen LogP contribution in [0, 0.1) is 5.92 Å². The van der Waals surface area contributed by atoms with E-state index in [4.69, 9.17) is 11.6 Å². The van der Waals surface area contributed by atoms with Crippen molar-refractivity contribution in [3.63, 3.8) is 0 Å². The molecular weight excluding hydrogens is 272 g/mol. The fourth-order valence-corrected chi connectivity index (χ4v) is 3.66. The molecule has 1 fully saturated rings. The van der Waals surface area contributed by atoms with Crippen molar-refractivity contribution in [3.8, 4) is 0 Å². The van der Waals surface area contributed by atoms with Crippen LogP contribution in [0.4, 0.5) is 0 Å². The van der Waals surface area contributed by atoms with Gasteiger partial charge in [-0.3, -0.25) is 0 Å². The zero-order valence-corrected chi connectivity index (χ0v) is 11.6. The molecule has 0 aliphatic carbocycles. The monoisotopic (exact) mass is 288 g/mol. The van der Waals surface area contributed by atoms with Crippen molar-refractivity contribution in [3.05, 3.63) is 29.3 Å². The van der Waals surface area contributed by atoms with Crippen molar-refractivity contribution in [2.24, 2.45) is 5.92 Å². The fourth-order valence-electron chi connectivity index (χ4n) is 2.10. The van der Waals surface area contributed by atoms with Gasteiger partial charge in [0.15, 0.2) is 0 Å². The Kier molecular flexibility index (Phi) is 4.61. The molecule has 1 aromatic carbocycles.